The van der Waals surface area contributed by atoms with Gasteiger partial charge in [0.2, 0.25) is 0 Å². The van der Waals surface area contributed by atoms with E-state index in [0.29, 0.717) is 6.61 Å². The van der Waals surface area contributed by atoms with E-state index in [4.69, 9.17) is 19.3 Å². The van der Waals surface area contributed by atoms with Crippen LogP contribution in [0.4, 0.5) is 0 Å². The molecule has 1 aliphatic heterocycles. The standard InChI is InChI=1S/C12H21NO4/c1-4-13-8-7-9(15-6-5-14)11-10(8)16-12(2,3)17-11/h4,8-11,13-14H,1,5-7H2,2-3H3/t8-,9+,10+,11+/m1/s1. The second-order valence-corrected chi connectivity index (χ2v) is 4.91. The Hall–Kier alpha value is -0.620. The van der Waals surface area contributed by atoms with Gasteiger partial charge in [0.25, 0.3) is 0 Å². The smallest absolute Gasteiger partial charge is 0.164 e. The zero-order valence-corrected chi connectivity index (χ0v) is 10.4. The summed E-state index contributed by atoms with van der Waals surface area (Å²) in [7, 11) is 0. The number of hydrogen-bond acceptors (Lipinski definition) is 5. The first-order valence-corrected chi connectivity index (χ1v) is 6.02. The average Bonchev–Trinajstić information content (AvgIpc) is 2.72. The van der Waals surface area contributed by atoms with Crippen molar-refractivity contribution in [2.24, 2.45) is 0 Å². The lowest BCUT2D eigenvalue weighted by atomic mass is 10.2. The minimum absolute atomic E-state index is 0.0216. The van der Waals surface area contributed by atoms with Gasteiger partial charge >= 0.3 is 0 Å². The fourth-order valence-corrected chi connectivity index (χ4v) is 2.62. The van der Waals surface area contributed by atoms with Gasteiger partial charge in [0.05, 0.1) is 25.4 Å². The van der Waals surface area contributed by atoms with Gasteiger partial charge in [-0.05, 0) is 26.5 Å². The summed E-state index contributed by atoms with van der Waals surface area (Å²) in [5.41, 5.74) is 0. The minimum atomic E-state index is -0.572. The summed E-state index contributed by atoms with van der Waals surface area (Å²) in [5.74, 6) is -0.572. The second kappa shape index (κ2) is 4.94. The van der Waals surface area contributed by atoms with E-state index >= 15 is 0 Å². The monoisotopic (exact) mass is 243 g/mol. The molecule has 0 amide bonds. The molecule has 2 aliphatic rings. The molecule has 0 radical (unpaired) electrons. The van der Waals surface area contributed by atoms with Crippen molar-refractivity contribution in [3.8, 4) is 0 Å². The lowest BCUT2D eigenvalue weighted by Gasteiger charge is -2.23. The van der Waals surface area contributed by atoms with Crippen LogP contribution in [0, 0.1) is 0 Å². The van der Waals surface area contributed by atoms with E-state index in [0.717, 1.165) is 6.42 Å². The van der Waals surface area contributed by atoms with E-state index in [1.165, 1.54) is 0 Å². The molecule has 5 heteroatoms. The van der Waals surface area contributed by atoms with E-state index in [-0.39, 0.29) is 31.0 Å². The predicted molar refractivity (Wildman–Crippen MR) is 62.4 cm³/mol. The van der Waals surface area contributed by atoms with Gasteiger partial charge in [0, 0.05) is 0 Å². The maximum atomic E-state index is 8.81. The van der Waals surface area contributed by atoms with Gasteiger partial charge in [-0.3, -0.25) is 0 Å². The predicted octanol–water partition coefficient (Wildman–Crippen LogP) is 0.389. The van der Waals surface area contributed by atoms with Gasteiger partial charge in [-0.15, -0.1) is 0 Å². The maximum absolute atomic E-state index is 8.81. The molecule has 2 fully saturated rings. The van der Waals surface area contributed by atoms with Crippen LogP contribution in [0.15, 0.2) is 12.8 Å². The van der Waals surface area contributed by atoms with Crippen molar-refractivity contribution in [3.63, 3.8) is 0 Å². The number of rotatable bonds is 5. The average molecular weight is 243 g/mol. The Kier molecular flexibility index (Phi) is 3.73. The Labute approximate surface area is 102 Å². The van der Waals surface area contributed by atoms with Crippen molar-refractivity contribution in [1.29, 1.82) is 0 Å². The van der Waals surface area contributed by atoms with Gasteiger partial charge in [-0.25, -0.2) is 0 Å². The largest absolute Gasteiger partial charge is 0.394 e. The molecule has 0 bridgehead atoms. The lowest BCUT2D eigenvalue weighted by Crippen LogP contribution is -2.37. The van der Waals surface area contributed by atoms with E-state index in [1.54, 1.807) is 6.20 Å². The summed E-state index contributed by atoms with van der Waals surface area (Å²) in [4.78, 5) is 0. The highest BCUT2D eigenvalue weighted by Gasteiger charge is 2.54. The number of aliphatic hydroxyl groups excluding tert-OH is 1. The highest BCUT2D eigenvalue weighted by Crippen LogP contribution is 2.39. The van der Waals surface area contributed by atoms with Crippen molar-refractivity contribution >= 4 is 0 Å². The zero-order valence-electron chi connectivity index (χ0n) is 10.4. The van der Waals surface area contributed by atoms with Crippen molar-refractivity contribution in [2.75, 3.05) is 13.2 Å². The second-order valence-electron chi connectivity index (χ2n) is 4.91. The van der Waals surface area contributed by atoms with Gasteiger partial charge in [-0.2, -0.15) is 0 Å². The van der Waals surface area contributed by atoms with Crippen LogP contribution in [0.25, 0.3) is 0 Å². The molecule has 2 rings (SSSR count). The molecular weight excluding hydrogens is 222 g/mol. The van der Waals surface area contributed by atoms with Crippen LogP contribution in [-0.2, 0) is 14.2 Å². The normalized spacial score (nSPS) is 39.0. The van der Waals surface area contributed by atoms with E-state index in [9.17, 15) is 0 Å². The summed E-state index contributed by atoms with van der Waals surface area (Å²) in [6.45, 7) is 7.84. The van der Waals surface area contributed by atoms with Crippen LogP contribution in [-0.4, -0.2) is 48.5 Å². The molecule has 0 unspecified atom stereocenters. The van der Waals surface area contributed by atoms with Crippen molar-refractivity contribution in [2.45, 2.75) is 50.4 Å². The van der Waals surface area contributed by atoms with Crippen LogP contribution in [0.1, 0.15) is 20.3 Å². The van der Waals surface area contributed by atoms with Gasteiger partial charge in [-0.1, -0.05) is 6.58 Å². The summed E-state index contributed by atoms with van der Waals surface area (Å²) in [5, 5.41) is 12.0. The Bertz CT molecular complexity index is 282. The van der Waals surface area contributed by atoms with Crippen molar-refractivity contribution in [3.05, 3.63) is 12.8 Å². The zero-order chi connectivity index (χ0) is 12.5. The third-order valence-electron chi connectivity index (χ3n) is 3.17. The fraction of sp³-hybridized carbons (Fsp3) is 0.833. The SMILES string of the molecule is C=CN[C@@H]1C[C@H](OCCO)[C@@H]2OC(C)(C)O[C@H]21. The van der Waals surface area contributed by atoms with E-state index in [2.05, 4.69) is 11.9 Å². The van der Waals surface area contributed by atoms with Gasteiger partial charge < -0.3 is 24.6 Å². The number of hydrogen-bond donors (Lipinski definition) is 2. The Morgan fingerprint density at radius 3 is 2.82 bits per heavy atom. The van der Waals surface area contributed by atoms with Crippen LogP contribution in [0.2, 0.25) is 0 Å². The van der Waals surface area contributed by atoms with E-state index in [1.807, 2.05) is 13.8 Å². The Morgan fingerprint density at radius 2 is 2.18 bits per heavy atom. The molecular formula is C12H21NO4. The number of nitrogens with one attached hydrogen (secondary N) is 1. The molecule has 1 saturated heterocycles. The number of ether oxygens (including phenoxy) is 3. The van der Waals surface area contributed by atoms with Crippen molar-refractivity contribution < 1.29 is 19.3 Å². The molecule has 0 aromatic heterocycles. The number of fused-ring (bicyclic) bond motifs is 1. The van der Waals surface area contributed by atoms with Crippen molar-refractivity contribution in [1.82, 2.24) is 5.32 Å². The number of aliphatic hydroxyl groups is 1. The fourth-order valence-electron chi connectivity index (χ4n) is 2.62. The Balaban J connectivity index is 2.03. The van der Waals surface area contributed by atoms with Crippen LogP contribution in [0.5, 0.6) is 0 Å². The summed E-state index contributed by atoms with van der Waals surface area (Å²) in [6, 6.07) is 0.156. The third-order valence-corrected chi connectivity index (χ3v) is 3.17. The Morgan fingerprint density at radius 1 is 1.47 bits per heavy atom. The maximum Gasteiger partial charge on any atom is 0.164 e. The molecule has 0 spiro atoms. The molecule has 1 aliphatic carbocycles. The molecule has 1 saturated carbocycles. The summed E-state index contributed by atoms with van der Waals surface area (Å²) >= 11 is 0. The summed E-state index contributed by atoms with van der Waals surface area (Å²) in [6.07, 6.45) is 2.34. The van der Waals surface area contributed by atoms with E-state index < -0.39 is 5.79 Å². The first-order chi connectivity index (χ1) is 8.07. The first kappa shape index (κ1) is 12.8. The molecule has 98 valence electrons. The van der Waals surface area contributed by atoms with Crippen LogP contribution >= 0.6 is 0 Å². The molecule has 17 heavy (non-hydrogen) atoms. The highest BCUT2D eigenvalue weighted by molar-refractivity contribution is 5.03. The van der Waals surface area contributed by atoms with Crippen LogP contribution < -0.4 is 5.32 Å². The lowest BCUT2D eigenvalue weighted by molar-refractivity contribution is -0.169. The van der Waals surface area contributed by atoms with Crippen LogP contribution in [0.3, 0.4) is 0 Å². The summed E-state index contributed by atoms with van der Waals surface area (Å²) < 4.78 is 17.3. The third kappa shape index (κ3) is 2.63. The molecule has 0 aromatic carbocycles. The quantitative estimate of drug-likeness (QED) is 0.731. The molecule has 1 heterocycles. The molecule has 4 atom stereocenters. The topological polar surface area (TPSA) is 60.0 Å². The molecule has 2 N–H and O–H groups in total. The van der Waals surface area contributed by atoms with Gasteiger partial charge in [0.15, 0.2) is 5.79 Å². The minimum Gasteiger partial charge on any atom is -0.394 e. The molecule has 0 aromatic rings. The molecule has 5 nitrogen and oxygen atoms in total. The van der Waals surface area contributed by atoms with Gasteiger partial charge in [0.1, 0.15) is 12.2 Å². The highest BCUT2D eigenvalue weighted by atomic mass is 16.8. The first-order valence-electron chi connectivity index (χ1n) is 6.02.